The van der Waals surface area contributed by atoms with Gasteiger partial charge in [-0.25, -0.2) is 4.99 Å². The van der Waals surface area contributed by atoms with E-state index < -0.39 is 0 Å². The van der Waals surface area contributed by atoms with E-state index in [4.69, 9.17) is 4.74 Å². The molecule has 1 aromatic rings. The second-order valence-electron chi connectivity index (χ2n) is 10.3. The summed E-state index contributed by atoms with van der Waals surface area (Å²) in [6.07, 6.45) is 13.5. The van der Waals surface area contributed by atoms with Gasteiger partial charge < -0.3 is 14.5 Å². The Hall–Kier alpha value is -2.75. The number of allylic oxidation sites excluding steroid dienone is 4. The van der Waals surface area contributed by atoms with Crippen LogP contribution in [-0.2, 0) is 0 Å². The Morgan fingerprint density at radius 1 is 1.00 bits per heavy atom. The van der Waals surface area contributed by atoms with Crippen molar-refractivity contribution in [2.75, 3.05) is 32.8 Å². The number of hydrogen-bond donors (Lipinski definition) is 0. The van der Waals surface area contributed by atoms with Gasteiger partial charge in [0.05, 0.1) is 6.61 Å². The lowest BCUT2D eigenvalue weighted by Crippen LogP contribution is -2.34. The predicted octanol–water partition coefficient (Wildman–Crippen LogP) is 7.08. The molecule has 0 amide bonds. The highest BCUT2D eigenvalue weighted by atomic mass is 16.5. The second kappa shape index (κ2) is 12.3. The summed E-state index contributed by atoms with van der Waals surface area (Å²) < 4.78 is 6.16. The van der Waals surface area contributed by atoms with Gasteiger partial charge >= 0.3 is 0 Å². The highest BCUT2D eigenvalue weighted by molar-refractivity contribution is 5.78. The van der Waals surface area contributed by atoms with Crippen molar-refractivity contribution in [1.82, 2.24) is 9.80 Å². The zero-order valence-corrected chi connectivity index (χ0v) is 21.7. The molecule has 0 radical (unpaired) electrons. The first kappa shape index (κ1) is 25.3. The Bertz CT molecular complexity index is 944. The SMILES string of the molecule is C=C(C=NC(=C)N1CCC(COc2ccc(C3=CCC(C(=C)N4CCCC4)CC3)cc2)CC1)CC. The van der Waals surface area contributed by atoms with E-state index in [1.165, 1.54) is 49.2 Å². The van der Waals surface area contributed by atoms with E-state index in [0.717, 1.165) is 68.9 Å². The maximum atomic E-state index is 6.16. The van der Waals surface area contributed by atoms with E-state index in [9.17, 15) is 0 Å². The summed E-state index contributed by atoms with van der Waals surface area (Å²) in [5.74, 6) is 3.01. The van der Waals surface area contributed by atoms with Gasteiger partial charge in [0.2, 0.25) is 0 Å². The lowest BCUT2D eigenvalue weighted by Gasteiger charge is -2.33. The number of piperidine rings is 1. The first-order valence-corrected chi connectivity index (χ1v) is 13.5. The summed E-state index contributed by atoms with van der Waals surface area (Å²) in [5.41, 5.74) is 5.21. The van der Waals surface area contributed by atoms with Crippen molar-refractivity contribution < 1.29 is 4.74 Å². The number of nitrogens with zero attached hydrogens (tertiary/aromatic N) is 3. The van der Waals surface area contributed by atoms with Crippen molar-refractivity contribution in [3.63, 3.8) is 0 Å². The Labute approximate surface area is 212 Å². The summed E-state index contributed by atoms with van der Waals surface area (Å²) in [6.45, 7) is 19.8. The third-order valence-electron chi connectivity index (χ3n) is 7.94. The largest absolute Gasteiger partial charge is 0.493 e. The molecule has 188 valence electrons. The summed E-state index contributed by atoms with van der Waals surface area (Å²) in [6, 6.07) is 8.73. The molecule has 1 aromatic carbocycles. The smallest absolute Gasteiger partial charge is 0.121 e. The van der Waals surface area contributed by atoms with Crippen molar-refractivity contribution in [1.29, 1.82) is 0 Å². The van der Waals surface area contributed by atoms with Crippen molar-refractivity contribution in [3.8, 4) is 5.75 Å². The molecule has 0 spiro atoms. The maximum Gasteiger partial charge on any atom is 0.121 e. The fourth-order valence-electron chi connectivity index (χ4n) is 5.34. The van der Waals surface area contributed by atoms with Crippen LogP contribution in [-0.4, -0.2) is 48.8 Å². The number of aliphatic imine (C=N–C) groups is 1. The summed E-state index contributed by atoms with van der Waals surface area (Å²) in [5, 5.41) is 0. The fraction of sp³-hybridized carbons (Fsp3) is 0.516. The van der Waals surface area contributed by atoms with Crippen LogP contribution in [0.1, 0.15) is 63.9 Å². The molecule has 2 fully saturated rings. The lowest BCUT2D eigenvalue weighted by atomic mass is 9.85. The van der Waals surface area contributed by atoms with E-state index in [-0.39, 0.29) is 0 Å². The van der Waals surface area contributed by atoms with Gasteiger partial charge in [-0.2, -0.15) is 0 Å². The van der Waals surface area contributed by atoms with Gasteiger partial charge in [-0.3, -0.25) is 0 Å². The van der Waals surface area contributed by atoms with Crippen LogP contribution in [0.3, 0.4) is 0 Å². The highest BCUT2D eigenvalue weighted by Gasteiger charge is 2.24. The minimum absolute atomic E-state index is 0.579. The monoisotopic (exact) mass is 473 g/mol. The lowest BCUT2D eigenvalue weighted by molar-refractivity contribution is 0.163. The normalized spacial score (nSPS) is 21.3. The molecule has 4 rings (SSSR count). The molecule has 2 heterocycles. The van der Waals surface area contributed by atoms with Crippen molar-refractivity contribution in [2.45, 2.75) is 58.3 Å². The molecule has 4 heteroatoms. The molecule has 1 aliphatic carbocycles. The molecule has 0 bridgehead atoms. The maximum absolute atomic E-state index is 6.16. The van der Waals surface area contributed by atoms with Crippen LogP contribution < -0.4 is 4.74 Å². The molecule has 4 nitrogen and oxygen atoms in total. The Kier molecular flexibility index (Phi) is 8.90. The number of likely N-dealkylation sites (tertiary alicyclic amines) is 2. The number of hydrogen-bond acceptors (Lipinski definition) is 4. The van der Waals surface area contributed by atoms with E-state index in [1.54, 1.807) is 0 Å². The predicted molar refractivity (Wildman–Crippen MR) is 149 cm³/mol. The average molecular weight is 474 g/mol. The quantitative estimate of drug-likeness (QED) is 0.340. The van der Waals surface area contributed by atoms with E-state index in [2.05, 4.69) is 71.8 Å². The topological polar surface area (TPSA) is 28.1 Å². The van der Waals surface area contributed by atoms with Crippen LogP contribution in [0.25, 0.3) is 5.57 Å². The van der Waals surface area contributed by atoms with Crippen molar-refractivity contribution in [3.05, 3.63) is 72.7 Å². The van der Waals surface area contributed by atoms with Crippen LogP contribution in [0.4, 0.5) is 0 Å². The molecule has 0 N–H and O–H groups in total. The van der Waals surface area contributed by atoms with Crippen LogP contribution >= 0.6 is 0 Å². The van der Waals surface area contributed by atoms with Crippen LogP contribution in [0.5, 0.6) is 5.75 Å². The summed E-state index contributed by atoms with van der Waals surface area (Å²) in [4.78, 5) is 9.26. The fourth-order valence-corrected chi connectivity index (χ4v) is 5.34. The molecule has 2 saturated heterocycles. The Balaban J connectivity index is 1.20. The Morgan fingerprint density at radius 3 is 2.34 bits per heavy atom. The van der Waals surface area contributed by atoms with Gasteiger partial charge in [-0.1, -0.05) is 44.9 Å². The highest BCUT2D eigenvalue weighted by Crippen LogP contribution is 2.36. The second-order valence-corrected chi connectivity index (χ2v) is 10.3. The van der Waals surface area contributed by atoms with Gasteiger partial charge in [0, 0.05) is 44.0 Å². The van der Waals surface area contributed by atoms with Gasteiger partial charge in [0.1, 0.15) is 11.6 Å². The molecule has 1 unspecified atom stereocenters. The first-order valence-electron chi connectivity index (χ1n) is 13.5. The van der Waals surface area contributed by atoms with Gasteiger partial charge in [-0.15, -0.1) is 0 Å². The summed E-state index contributed by atoms with van der Waals surface area (Å²) >= 11 is 0. The standard InChI is InChI=1S/C31H43N3O/c1-5-24(2)22-32-26(4)34-20-16-27(17-21-34)23-35-31-14-12-30(13-15-31)29-10-8-28(9-11-29)25(3)33-18-6-7-19-33/h10,12-15,22,27-28H,2-9,11,16-21,23H2,1H3. The van der Waals surface area contributed by atoms with Gasteiger partial charge in [-0.05, 0) is 86.1 Å². The average Bonchev–Trinajstić information content (AvgIpc) is 3.46. The zero-order chi connectivity index (χ0) is 24.6. The number of ether oxygens (including phenoxy) is 1. The summed E-state index contributed by atoms with van der Waals surface area (Å²) in [7, 11) is 0. The number of benzene rings is 1. The van der Waals surface area contributed by atoms with E-state index in [1.807, 2.05) is 6.21 Å². The molecular weight excluding hydrogens is 430 g/mol. The molecular formula is C31H43N3O. The Morgan fingerprint density at radius 2 is 1.71 bits per heavy atom. The third kappa shape index (κ3) is 6.90. The molecule has 1 atom stereocenters. The minimum Gasteiger partial charge on any atom is -0.493 e. The number of rotatable bonds is 10. The first-order chi connectivity index (χ1) is 17.0. The van der Waals surface area contributed by atoms with Crippen molar-refractivity contribution in [2.24, 2.45) is 16.8 Å². The minimum atomic E-state index is 0.579. The van der Waals surface area contributed by atoms with E-state index >= 15 is 0 Å². The van der Waals surface area contributed by atoms with Crippen molar-refractivity contribution >= 4 is 11.8 Å². The van der Waals surface area contributed by atoms with Crippen LogP contribution in [0, 0.1) is 11.8 Å². The van der Waals surface area contributed by atoms with Gasteiger partial charge in [0.25, 0.3) is 0 Å². The molecule has 0 saturated carbocycles. The molecule has 2 aliphatic heterocycles. The van der Waals surface area contributed by atoms with Crippen LogP contribution in [0.15, 0.2) is 72.2 Å². The third-order valence-corrected chi connectivity index (χ3v) is 7.94. The van der Waals surface area contributed by atoms with Crippen LogP contribution in [0.2, 0.25) is 0 Å². The van der Waals surface area contributed by atoms with E-state index in [0.29, 0.717) is 11.8 Å². The van der Waals surface area contributed by atoms with Gasteiger partial charge in [0.15, 0.2) is 0 Å². The molecule has 0 aromatic heterocycles. The zero-order valence-electron chi connectivity index (χ0n) is 21.7. The molecule has 35 heavy (non-hydrogen) atoms. The molecule has 3 aliphatic rings.